The van der Waals surface area contributed by atoms with Gasteiger partial charge in [-0.25, -0.2) is 4.98 Å². The third kappa shape index (κ3) is 4.01. The predicted octanol–water partition coefficient (Wildman–Crippen LogP) is 4.01. The van der Waals surface area contributed by atoms with E-state index in [0.717, 1.165) is 31.5 Å². The van der Waals surface area contributed by atoms with Crippen LogP contribution in [0.3, 0.4) is 0 Å². The number of rotatable bonds is 4. The number of nitrogens with zero attached hydrogens (tertiary/aromatic N) is 2. The van der Waals surface area contributed by atoms with E-state index in [4.69, 9.17) is 4.74 Å². The molecule has 1 aliphatic heterocycles. The first kappa shape index (κ1) is 17.9. The molecule has 0 radical (unpaired) electrons. The van der Waals surface area contributed by atoms with Crippen molar-refractivity contribution >= 4 is 22.3 Å². The van der Waals surface area contributed by atoms with Crippen LogP contribution in [0, 0.1) is 0 Å². The van der Waals surface area contributed by atoms with Gasteiger partial charge in [-0.05, 0) is 25.0 Å². The lowest BCUT2D eigenvalue weighted by Gasteiger charge is -2.31. The van der Waals surface area contributed by atoms with Crippen LogP contribution >= 0.6 is 11.3 Å². The number of aromatic nitrogens is 1. The number of alkyl halides is 3. The Hall–Kier alpha value is -1.93. The zero-order valence-corrected chi connectivity index (χ0v) is 14.4. The molecule has 2 aromatic rings. The van der Waals surface area contributed by atoms with Crippen LogP contribution in [-0.4, -0.2) is 37.1 Å². The van der Waals surface area contributed by atoms with Crippen LogP contribution < -0.4 is 4.90 Å². The number of hydrogen-bond acceptors (Lipinski definition) is 5. The van der Waals surface area contributed by atoms with E-state index in [2.05, 4.69) is 4.98 Å². The number of piperidine rings is 1. The first-order chi connectivity index (χ1) is 11.9. The first-order valence-electron chi connectivity index (χ1n) is 7.84. The van der Waals surface area contributed by atoms with Gasteiger partial charge in [0.25, 0.3) is 0 Å². The van der Waals surface area contributed by atoms with Crippen LogP contribution in [0.4, 0.5) is 18.3 Å². The Labute approximate surface area is 147 Å². The van der Waals surface area contributed by atoms with E-state index in [9.17, 15) is 18.0 Å². The number of benzene rings is 1. The van der Waals surface area contributed by atoms with Gasteiger partial charge in [0.1, 0.15) is 0 Å². The van der Waals surface area contributed by atoms with Crippen LogP contribution in [-0.2, 0) is 10.9 Å². The van der Waals surface area contributed by atoms with E-state index in [0.29, 0.717) is 16.6 Å². The van der Waals surface area contributed by atoms with Gasteiger partial charge in [0, 0.05) is 25.8 Å². The average molecular weight is 370 g/mol. The summed E-state index contributed by atoms with van der Waals surface area (Å²) in [6.07, 6.45) is -0.971. The molecule has 4 nitrogen and oxygen atoms in total. The Kier molecular flexibility index (Phi) is 5.10. The molecule has 0 aliphatic carbocycles. The number of anilines is 1. The molecule has 3 rings (SSSR count). The summed E-state index contributed by atoms with van der Waals surface area (Å²) in [6, 6.07) is 4.46. The van der Waals surface area contributed by atoms with Crippen molar-refractivity contribution in [3.05, 3.63) is 46.5 Å². The summed E-state index contributed by atoms with van der Waals surface area (Å²) >= 11 is 1.20. The maximum absolute atomic E-state index is 12.8. The lowest BCUT2D eigenvalue weighted by molar-refractivity contribution is -0.137. The van der Waals surface area contributed by atoms with Crippen molar-refractivity contribution in [3.8, 4) is 0 Å². The number of carbonyl (C=O) groups excluding carboxylic acids is 1. The van der Waals surface area contributed by atoms with Crippen molar-refractivity contribution in [2.24, 2.45) is 0 Å². The third-order valence-corrected chi connectivity index (χ3v) is 5.21. The molecule has 1 aromatic carbocycles. The first-order valence-corrected chi connectivity index (χ1v) is 8.65. The maximum atomic E-state index is 12.8. The SMILES string of the molecule is CO[C@H]1CCCN(c2ncc(C(=O)c3cccc(C(F)(F)F)c3)s2)C1. The van der Waals surface area contributed by atoms with Crippen LogP contribution in [0.15, 0.2) is 30.5 Å². The van der Waals surface area contributed by atoms with E-state index in [1.807, 2.05) is 4.90 Å². The number of thiazole rings is 1. The zero-order chi connectivity index (χ0) is 18.0. The molecule has 1 atom stereocenters. The number of ether oxygens (including phenoxy) is 1. The molecular weight excluding hydrogens is 353 g/mol. The second-order valence-electron chi connectivity index (χ2n) is 5.86. The summed E-state index contributed by atoms with van der Waals surface area (Å²) in [5.74, 6) is -0.449. The van der Waals surface area contributed by atoms with Gasteiger partial charge in [-0.2, -0.15) is 13.2 Å². The predicted molar refractivity (Wildman–Crippen MR) is 89.2 cm³/mol. The second-order valence-corrected chi connectivity index (χ2v) is 6.87. The minimum Gasteiger partial charge on any atom is -0.380 e. The Balaban J connectivity index is 1.79. The number of halogens is 3. The van der Waals surface area contributed by atoms with Gasteiger partial charge in [0.2, 0.25) is 5.78 Å². The van der Waals surface area contributed by atoms with Gasteiger partial charge in [-0.3, -0.25) is 4.79 Å². The van der Waals surface area contributed by atoms with Crippen molar-refractivity contribution in [3.63, 3.8) is 0 Å². The van der Waals surface area contributed by atoms with Gasteiger partial charge in [0.15, 0.2) is 5.13 Å². The van der Waals surface area contributed by atoms with Gasteiger partial charge < -0.3 is 9.64 Å². The Morgan fingerprint density at radius 1 is 1.40 bits per heavy atom. The molecule has 0 N–H and O–H groups in total. The molecule has 1 aliphatic rings. The molecule has 1 fully saturated rings. The normalized spacial score (nSPS) is 18.4. The van der Waals surface area contributed by atoms with Gasteiger partial charge in [-0.1, -0.05) is 23.5 Å². The molecule has 0 bridgehead atoms. The molecule has 0 saturated carbocycles. The molecule has 8 heteroatoms. The van der Waals surface area contributed by atoms with Crippen molar-refractivity contribution in [2.45, 2.75) is 25.1 Å². The minimum atomic E-state index is -4.47. The van der Waals surface area contributed by atoms with Gasteiger partial charge >= 0.3 is 6.18 Å². The van der Waals surface area contributed by atoms with Crippen LogP contribution in [0.25, 0.3) is 0 Å². The highest BCUT2D eigenvalue weighted by atomic mass is 32.1. The highest BCUT2D eigenvalue weighted by Gasteiger charge is 2.31. The molecule has 0 spiro atoms. The fraction of sp³-hybridized carbons (Fsp3) is 0.412. The summed E-state index contributed by atoms with van der Waals surface area (Å²) in [4.78, 5) is 19.1. The van der Waals surface area contributed by atoms with Crippen molar-refractivity contribution in [2.75, 3.05) is 25.1 Å². The van der Waals surface area contributed by atoms with Gasteiger partial charge in [0.05, 0.1) is 22.7 Å². The van der Waals surface area contributed by atoms with E-state index < -0.39 is 17.5 Å². The molecule has 25 heavy (non-hydrogen) atoms. The topological polar surface area (TPSA) is 42.4 Å². The fourth-order valence-electron chi connectivity index (χ4n) is 2.80. The van der Waals surface area contributed by atoms with Crippen LogP contribution in [0.1, 0.15) is 33.6 Å². The molecule has 2 heterocycles. The number of hydrogen-bond donors (Lipinski definition) is 0. The second kappa shape index (κ2) is 7.13. The molecule has 1 saturated heterocycles. The highest BCUT2D eigenvalue weighted by molar-refractivity contribution is 7.17. The van der Waals surface area contributed by atoms with Crippen LogP contribution in [0.2, 0.25) is 0 Å². The van der Waals surface area contributed by atoms with Gasteiger partial charge in [-0.15, -0.1) is 0 Å². The monoisotopic (exact) mass is 370 g/mol. The van der Waals surface area contributed by atoms with E-state index in [1.54, 1.807) is 7.11 Å². The lowest BCUT2D eigenvalue weighted by Crippen LogP contribution is -2.39. The van der Waals surface area contributed by atoms with Crippen molar-refractivity contribution in [1.82, 2.24) is 4.98 Å². The minimum absolute atomic E-state index is 0.0124. The molecule has 0 unspecified atom stereocenters. The van der Waals surface area contributed by atoms with E-state index in [-0.39, 0.29) is 11.7 Å². The summed E-state index contributed by atoms with van der Waals surface area (Å²) in [6.45, 7) is 1.52. The van der Waals surface area contributed by atoms with Crippen LogP contribution in [0.5, 0.6) is 0 Å². The quantitative estimate of drug-likeness (QED) is 0.763. The largest absolute Gasteiger partial charge is 0.416 e. The van der Waals surface area contributed by atoms with Crippen molar-refractivity contribution < 1.29 is 22.7 Å². The lowest BCUT2D eigenvalue weighted by atomic mass is 10.1. The summed E-state index contributed by atoms with van der Waals surface area (Å²) < 4.78 is 43.8. The average Bonchev–Trinajstić information content (AvgIpc) is 3.10. The smallest absolute Gasteiger partial charge is 0.380 e. The number of ketones is 1. The Bertz CT molecular complexity index is 760. The van der Waals surface area contributed by atoms with E-state index in [1.165, 1.54) is 29.7 Å². The third-order valence-electron chi connectivity index (χ3n) is 4.15. The molecule has 0 amide bonds. The number of methoxy groups -OCH3 is 1. The molecule has 134 valence electrons. The highest BCUT2D eigenvalue weighted by Crippen LogP contribution is 2.31. The fourth-order valence-corrected chi connectivity index (χ4v) is 3.71. The summed E-state index contributed by atoms with van der Waals surface area (Å²) in [5.41, 5.74) is -0.819. The van der Waals surface area contributed by atoms with Crippen molar-refractivity contribution in [1.29, 1.82) is 0 Å². The molecule has 1 aromatic heterocycles. The molecular formula is C17H17F3N2O2S. The maximum Gasteiger partial charge on any atom is 0.416 e. The van der Waals surface area contributed by atoms with E-state index >= 15 is 0 Å². The Morgan fingerprint density at radius 2 is 2.20 bits per heavy atom. The Morgan fingerprint density at radius 3 is 2.92 bits per heavy atom. The number of carbonyl (C=O) groups is 1. The summed E-state index contributed by atoms with van der Waals surface area (Å²) in [7, 11) is 1.67. The zero-order valence-electron chi connectivity index (χ0n) is 13.5. The standard InChI is InChI=1S/C17H17F3N2O2S/c1-24-13-6-3-7-22(10-13)16-21-9-14(25-16)15(23)11-4-2-5-12(8-11)17(18,19)20/h2,4-5,8-9,13H,3,6-7,10H2,1H3/t13-/m0/s1. The summed E-state index contributed by atoms with van der Waals surface area (Å²) in [5, 5.41) is 0.692.